The lowest BCUT2D eigenvalue weighted by molar-refractivity contribution is 0.152. The van der Waals surface area contributed by atoms with Crippen molar-refractivity contribution in [2.45, 2.75) is 6.43 Å². The van der Waals surface area contributed by atoms with Gasteiger partial charge in [-0.05, 0) is 23.3 Å². The first-order chi connectivity index (χ1) is 7.68. The molecule has 82 valence electrons. The summed E-state index contributed by atoms with van der Waals surface area (Å²) in [4.78, 5) is 0. The smallest absolute Gasteiger partial charge is 0.207 e. The highest BCUT2D eigenvalue weighted by Gasteiger charge is 2.12. The maximum absolute atomic E-state index is 12.7. The van der Waals surface area contributed by atoms with Crippen LogP contribution in [0.5, 0.6) is 0 Å². The van der Waals surface area contributed by atoms with Gasteiger partial charge in [-0.1, -0.05) is 36.4 Å². The molecule has 0 amide bonds. The molecule has 0 aliphatic rings. The molecule has 2 aromatic rings. The van der Waals surface area contributed by atoms with E-state index in [0.717, 1.165) is 0 Å². The highest BCUT2D eigenvalue weighted by atomic mass is 19.3. The van der Waals surface area contributed by atoms with Gasteiger partial charge in [0, 0.05) is 5.56 Å². The molecule has 0 saturated carbocycles. The molecule has 0 nitrogen and oxygen atoms in total. The average molecular weight is 222 g/mol. The summed E-state index contributed by atoms with van der Waals surface area (Å²) in [5.74, 6) is -0.377. The molecule has 0 fully saturated rings. The van der Waals surface area contributed by atoms with Gasteiger partial charge >= 0.3 is 0 Å². The Morgan fingerprint density at radius 2 is 1.44 bits per heavy atom. The van der Waals surface area contributed by atoms with E-state index in [1.165, 1.54) is 30.3 Å². The predicted octanol–water partition coefficient (Wildman–Crippen LogP) is 4.43. The zero-order valence-corrected chi connectivity index (χ0v) is 8.33. The number of alkyl halides is 2. The lowest BCUT2D eigenvalue weighted by atomic mass is 10.00. The Balaban J connectivity index is 2.51. The second-order valence-electron chi connectivity index (χ2n) is 3.39. The molecule has 0 bridgehead atoms. The Kier molecular flexibility index (Phi) is 2.95. The lowest BCUT2D eigenvalue weighted by Crippen LogP contribution is -1.89. The molecule has 2 rings (SSSR count). The van der Waals surface area contributed by atoms with Gasteiger partial charge in [-0.25, -0.2) is 13.2 Å². The third-order valence-electron chi connectivity index (χ3n) is 2.35. The van der Waals surface area contributed by atoms with Crippen molar-refractivity contribution in [2.75, 3.05) is 0 Å². The van der Waals surface area contributed by atoms with Crippen molar-refractivity contribution in [1.82, 2.24) is 0 Å². The fourth-order valence-electron chi connectivity index (χ4n) is 1.58. The van der Waals surface area contributed by atoms with Crippen molar-refractivity contribution in [2.24, 2.45) is 0 Å². The van der Waals surface area contributed by atoms with Gasteiger partial charge in [0.15, 0.2) is 0 Å². The summed E-state index contributed by atoms with van der Waals surface area (Å²) in [7, 11) is 0. The SMILES string of the molecule is Fc1ccc(-c2ccccc2C(F)F)cc1. The number of rotatable bonds is 2. The topological polar surface area (TPSA) is 0 Å². The van der Waals surface area contributed by atoms with E-state index in [-0.39, 0.29) is 11.4 Å². The summed E-state index contributed by atoms with van der Waals surface area (Å²) in [5, 5.41) is 0. The highest BCUT2D eigenvalue weighted by Crippen LogP contribution is 2.30. The standard InChI is InChI=1S/C13H9F3/c14-10-7-5-9(6-8-10)11-3-1-2-4-12(11)13(15)16/h1-8,13H. The molecule has 0 radical (unpaired) electrons. The minimum atomic E-state index is -2.53. The third kappa shape index (κ3) is 2.08. The average Bonchev–Trinajstić information content (AvgIpc) is 2.30. The molecule has 0 aliphatic carbocycles. The maximum Gasteiger partial charge on any atom is 0.264 e. The van der Waals surface area contributed by atoms with Gasteiger partial charge in [0.05, 0.1) is 0 Å². The van der Waals surface area contributed by atoms with E-state index in [0.29, 0.717) is 11.1 Å². The van der Waals surface area contributed by atoms with Crippen molar-refractivity contribution in [3.05, 3.63) is 59.9 Å². The first-order valence-corrected chi connectivity index (χ1v) is 4.81. The van der Waals surface area contributed by atoms with Gasteiger partial charge in [0.25, 0.3) is 6.43 Å². The van der Waals surface area contributed by atoms with Gasteiger partial charge in [-0.15, -0.1) is 0 Å². The normalized spacial score (nSPS) is 10.8. The molecule has 0 spiro atoms. The molecule has 0 heterocycles. The predicted molar refractivity (Wildman–Crippen MR) is 56.8 cm³/mol. The molecule has 16 heavy (non-hydrogen) atoms. The van der Waals surface area contributed by atoms with Crippen LogP contribution in [0.15, 0.2) is 48.5 Å². The van der Waals surface area contributed by atoms with E-state index < -0.39 is 6.43 Å². The monoisotopic (exact) mass is 222 g/mol. The number of halogens is 3. The van der Waals surface area contributed by atoms with Crippen LogP contribution < -0.4 is 0 Å². The maximum atomic E-state index is 12.7. The fraction of sp³-hybridized carbons (Fsp3) is 0.0769. The molecule has 0 unspecified atom stereocenters. The van der Waals surface area contributed by atoms with Crippen molar-refractivity contribution in [3.63, 3.8) is 0 Å². The van der Waals surface area contributed by atoms with Crippen molar-refractivity contribution in [3.8, 4) is 11.1 Å². The van der Waals surface area contributed by atoms with Crippen molar-refractivity contribution in [1.29, 1.82) is 0 Å². The van der Waals surface area contributed by atoms with Crippen LogP contribution in [0.25, 0.3) is 11.1 Å². The Labute approximate surface area is 91.4 Å². The van der Waals surface area contributed by atoms with Crippen LogP contribution in [0.4, 0.5) is 13.2 Å². The molecule has 0 saturated heterocycles. The van der Waals surface area contributed by atoms with Crippen LogP contribution in [0, 0.1) is 5.82 Å². The van der Waals surface area contributed by atoms with Crippen molar-refractivity contribution >= 4 is 0 Å². The summed E-state index contributed by atoms with van der Waals surface area (Å²) < 4.78 is 38.2. The van der Waals surface area contributed by atoms with Gasteiger partial charge in [0.2, 0.25) is 0 Å². The summed E-state index contributed by atoms with van der Waals surface area (Å²) >= 11 is 0. The number of benzene rings is 2. The zero-order chi connectivity index (χ0) is 11.5. The Morgan fingerprint density at radius 3 is 2.06 bits per heavy atom. The van der Waals surface area contributed by atoms with Crippen LogP contribution in [-0.2, 0) is 0 Å². The van der Waals surface area contributed by atoms with Crippen LogP contribution in [0.1, 0.15) is 12.0 Å². The minimum absolute atomic E-state index is 0.0332. The second kappa shape index (κ2) is 4.39. The van der Waals surface area contributed by atoms with Crippen LogP contribution in [0.2, 0.25) is 0 Å². The van der Waals surface area contributed by atoms with E-state index in [1.54, 1.807) is 18.2 Å². The van der Waals surface area contributed by atoms with Gasteiger partial charge in [-0.2, -0.15) is 0 Å². The number of hydrogen-bond donors (Lipinski definition) is 0. The molecule has 0 atom stereocenters. The second-order valence-corrected chi connectivity index (χ2v) is 3.39. The van der Waals surface area contributed by atoms with Gasteiger partial charge < -0.3 is 0 Å². The van der Waals surface area contributed by atoms with E-state index in [1.807, 2.05) is 0 Å². The molecule has 0 aliphatic heterocycles. The quantitative estimate of drug-likeness (QED) is 0.705. The molecule has 0 aromatic heterocycles. The highest BCUT2D eigenvalue weighted by molar-refractivity contribution is 5.67. The first-order valence-electron chi connectivity index (χ1n) is 4.81. The molecular formula is C13H9F3. The molecular weight excluding hydrogens is 213 g/mol. The Bertz CT molecular complexity index is 475. The largest absolute Gasteiger partial charge is 0.264 e. The first kappa shape index (κ1) is 10.7. The van der Waals surface area contributed by atoms with E-state index in [2.05, 4.69) is 0 Å². The molecule has 3 heteroatoms. The summed E-state index contributed by atoms with van der Waals surface area (Å²) in [6, 6.07) is 11.7. The summed E-state index contributed by atoms with van der Waals surface area (Å²) in [6.45, 7) is 0. The van der Waals surface area contributed by atoms with E-state index >= 15 is 0 Å². The Hall–Kier alpha value is -1.77. The molecule has 2 aromatic carbocycles. The number of hydrogen-bond acceptors (Lipinski definition) is 0. The van der Waals surface area contributed by atoms with Crippen LogP contribution >= 0.6 is 0 Å². The minimum Gasteiger partial charge on any atom is -0.207 e. The van der Waals surface area contributed by atoms with Gasteiger partial charge in [-0.3, -0.25) is 0 Å². The van der Waals surface area contributed by atoms with E-state index in [9.17, 15) is 13.2 Å². The summed E-state index contributed by atoms with van der Waals surface area (Å²) in [6.07, 6.45) is -2.53. The fourth-order valence-corrected chi connectivity index (χ4v) is 1.58. The Morgan fingerprint density at radius 1 is 0.812 bits per heavy atom. The third-order valence-corrected chi connectivity index (χ3v) is 2.35. The molecule has 0 N–H and O–H groups in total. The van der Waals surface area contributed by atoms with Crippen LogP contribution in [-0.4, -0.2) is 0 Å². The zero-order valence-electron chi connectivity index (χ0n) is 8.33. The van der Waals surface area contributed by atoms with Gasteiger partial charge in [0.1, 0.15) is 5.82 Å². The lowest BCUT2D eigenvalue weighted by Gasteiger charge is -2.08. The van der Waals surface area contributed by atoms with E-state index in [4.69, 9.17) is 0 Å². The van der Waals surface area contributed by atoms with Crippen molar-refractivity contribution < 1.29 is 13.2 Å². The van der Waals surface area contributed by atoms with Crippen LogP contribution in [0.3, 0.4) is 0 Å². The summed E-state index contributed by atoms with van der Waals surface area (Å²) in [5.41, 5.74) is 1.00.